The molecule has 2 atom stereocenters. The van der Waals surface area contributed by atoms with E-state index in [-0.39, 0.29) is 18.2 Å². The molecule has 1 aliphatic rings. The average molecular weight is 214 g/mol. The van der Waals surface area contributed by atoms with Crippen LogP contribution < -0.4 is 5.73 Å². The van der Waals surface area contributed by atoms with Crippen LogP contribution in [0.3, 0.4) is 0 Å². The van der Waals surface area contributed by atoms with Gasteiger partial charge in [0.25, 0.3) is 0 Å². The van der Waals surface area contributed by atoms with Crippen molar-refractivity contribution in [1.29, 1.82) is 0 Å². The second-order valence-corrected chi connectivity index (χ2v) is 3.44. The van der Waals surface area contributed by atoms with Crippen LogP contribution in [0.1, 0.15) is 12.0 Å². The molecule has 1 nitrogen and oxygen atoms in total. The van der Waals surface area contributed by atoms with Crippen LogP contribution >= 0.6 is 12.4 Å². The first kappa shape index (κ1) is 11.2. The Kier molecular flexibility index (Phi) is 3.67. The van der Waals surface area contributed by atoms with E-state index in [1.54, 1.807) is 12.1 Å². The fourth-order valence-electron chi connectivity index (χ4n) is 1.29. The molecule has 0 radical (unpaired) electrons. The van der Waals surface area contributed by atoms with Gasteiger partial charge >= 0.3 is 0 Å². The largest absolute Gasteiger partial charge is 0.327 e. The minimum atomic E-state index is -0.173. The highest BCUT2D eigenvalue weighted by Crippen LogP contribution is 2.29. The third-order valence-corrected chi connectivity index (χ3v) is 2.32. The standard InChI is InChI=1S/C11H12FN.ClH/c12-10-4-2-1-3-8(10)5-6-9-7-11(9)13;/h1-6,9,11H,7,13H2;1H/b6-5+;. The van der Waals surface area contributed by atoms with Crippen molar-refractivity contribution in [3.8, 4) is 0 Å². The molecule has 0 aliphatic heterocycles. The zero-order valence-corrected chi connectivity index (χ0v) is 8.51. The lowest BCUT2D eigenvalue weighted by molar-refractivity contribution is 0.625. The summed E-state index contributed by atoms with van der Waals surface area (Å²) in [7, 11) is 0. The third-order valence-electron chi connectivity index (χ3n) is 2.32. The van der Waals surface area contributed by atoms with E-state index in [0.29, 0.717) is 17.5 Å². The number of rotatable bonds is 2. The second kappa shape index (κ2) is 4.58. The van der Waals surface area contributed by atoms with E-state index >= 15 is 0 Å². The van der Waals surface area contributed by atoms with Gasteiger partial charge in [0.05, 0.1) is 0 Å². The summed E-state index contributed by atoms with van der Waals surface area (Å²) in [4.78, 5) is 0. The fourth-order valence-corrected chi connectivity index (χ4v) is 1.29. The van der Waals surface area contributed by atoms with Crippen LogP contribution in [-0.4, -0.2) is 6.04 Å². The van der Waals surface area contributed by atoms with Gasteiger partial charge in [-0.05, 0) is 18.4 Å². The van der Waals surface area contributed by atoms with E-state index in [4.69, 9.17) is 5.73 Å². The molecule has 2 N–H and O–H groups in total. The van der Waals surface area contributed by atoms with Crippen molar-refractivity contribution >= 4 is 18.5 Å². The number of nitrogens with two attached hydrogens (primary N) is 1. The molecular weight excluding hydrogens is 201 g/mol. The predicted octanol–water partition coefficient (Wildman–Crippen LogP) is 2.61. The summed E-state index contributed by atoms with van der Waals surface area (Å²) in [6, 6.07) is 7.04. The summed E-state index contributed by atoms with van der Waals surface area (Å²) >= 11 is 0. The molecule has 0 bridgehead atoms. The number of hydrogen-bond donors (Lipinski definition) is 1. The van der Waals surface area contributed by atoms with Crippen molar-refractivity contribution in [2.75, 3.05) is 0 Å². The van der Waals surface area contributed by atoms with Crippen molar-refractivity contribution in [3.05, 3.63) is 41.7 Å². The Morgan fingerprint density at radius 3 is 2.57 bits per heavy atom. The zero-order valence-electron chi connectivity index (χ0n) is 7.69. The fraction of sp³-hybridized carbons (Fsp3) is 0.273. The Morgan fingerprint density at radius 2 is 2.00 bits per heavy atom. The lowest BCUT2D eigenvalue weighted by atomic mass is 10.2. The Bertz CT molecular complexity index is 338. The van der Waals surface area contributed by atoms with Crippen LogP contribution in [0.15, 0.2) is 30.3 Å². The summed E-state index contributed by atoms with van der Waals surface area (Å²) < 4.78 is 13.1. The number of halogens is 2. The van der Waals surface area contributed by atoms with E-state index in [2.05, 4.69) is 0 Å². The summed E-state index contributed by atoms with van der Waals surface area (Å²) in [6.07, 6.45) is 4.83. The van der Waals surface area contributed by atoms with Crippen LogP contribution in [0, 0.1) is 11.7 Å². The van der Waals surface area contributed by atoms with Gasteiger partial charge in [-0.15, -0.1) is 12.4 Å². The maximum Gasteiger partial charge on any atom is 0.130 e. The van der Waals surface area contributed by atoms with Crippen molar-refractivity contribution in [2.45, 2.75) is 12.5 Å². The lowest BCUT2D eigenvalue weighted by Gasteiger charge is -1.94. The van der Waals surface area contributed by atoms with Crippen molar-refractivity contribution in [1.82, 2.24) is 0 Å². The SMILES string of the molecule is Cl.NC1CC1/C=C/c1ccccc1F. The molecule has 1 fully saturated rings. The van der Waals surface area contributed by atoms with Crippen LogP contribution in [-0.2, 0) is 0 Å². The van der Waals surface area contributed by atoms with E-state index < -0.39 is 0 Å². The number of hydrogen-bond acceptors (Lipinski definition) is 1. The van der Waals surface area contributed by atoms with Crippen LogP contribution in [0.4, 0.5) is 4.39 Å². The quantitative estimate of drug-likeness (QED) is 0.803. The van der Waals surface area contributed by atoms with Crippen LogP contribution in [0.2, 0.25) is 0 Å². The summed E-state index contributed by atoms with van der Waals surface area (Å²) in [5.41, 5.74) is 6.26. The van der Waals surface area contributed by atoms with Gasteiger partial charge in [-0.3, -0.25) is 0 Å². The smallest absolute Gasteiger partial charge is 0.130 e. The maximum atomic E-state index is 13.1. The zero-order chi connectivity index (χ0) is 9.26. The van der Waals surface area contributed by atoms with Gasteiger partial charge in [0, 0.05) is 11.6 Å². The van der Waals surface area contributed by atoms with Crippen LogP contribution in [0.5, 0.6) is 0 Å². The molecule has 1 aromatic carbocycles. The molecule has 1 aromatic rings. The second-order valence-electron chi connectivity index (χ2n) is 3.44. The molecule has 14 heavy (non-hydrogen) atoms. The van der Waals surface area contributed by atoms with Gasteiger partial charge < -0.3 is 5.73 Å². The number of benzene rings is 1. The van der Waals surface area contributed by atoms with E-state index in [0.717, 1.165) is 6.42 Å². The van der Waals surface area contributed by atoms with Gasteiger partial charge in [0.2, 0.25) is 0 Å². The van der Waals surface area contributed by atoms with Gasteiger partial charge in [0.1, 0.15) is 5.82 Å². The van der Waals surface area contributed by atoms with Crippen molar-refractivity contribution in [3.63, 3.8) is 0 Å². The van der Waals surface area contributed by atoms with E-state index in [1.807, 2.05) is 18.2 Å². The topological polar surface area (TPSA) is 26.0 Å². The minimum Gasteiger partial charge on any atom is -0.327 e. The van der Waals surface area contributed by atoms with Crippen molar-refractivity contribution in [2.24, 2.45) is 11.7 Å². The lowest BCUT2D eigenvalue weighted by Crippen LogP contribution is -1.99. The normalized spacial score (nSPS) is 24.7. The molecule has 2 rings (SSSR count). The van der Waals surface area contributed by atoms with Gasteiger partial charge in [-0.2, -0.15) is 0 Å². The molecule has 2 unspecified atom stereocenters. The molecule has 76 valence electrons. The molecule has 1 saturated carbocycles. The molecule has 0 aromatic heterocycles. The first-order valence-electron chi connectivity index (χ1n) is 4.45. The molecule has 0 amide bonds. The van der Waals surface area contributed by atoms with E-state index in [9.17, 15) is 4.39 Å². The van der Waals surface area contributed by atoms with Gasteiger partial charge in [-0.25, -0.2) is 4.39 Å². The Balaban J connectivity index is 0.000000980. The summed E-state index contributed by atoms with van der Waals surface area (Å²) in [6.45, 7) is 0. The summed E-state index contributed by atoms with van der Waals surface area (Å²) in [5, 5.41) is 0. The minimum absolute atomic E-state index is 0. The van der Waals surface area contributed by atoms with Crippen molar-refractivity contribution < 1.29 is 4.39 Å². The highest BCUT2D eigenvalue weighted by Gasteiger charge is 2.30. The van der Waals surface area contributed by atoms with Gasteiger partial charge in [0.15, 0.2) is 0 Å². The monoisotopic (exact) mass is 213 g/mol. The average Bonchev–Trinajstić information content (AvgIpc) is 2.81. The Labute approximate surface area is 89.2 Å². The highest BCUT2D eigenvalue weighted by molar-refractivity contribution is 5.85. The molecule has 1 aliphatic carbocycles. The van der Waals surface area contributed by atoms with Gasteiger partial charge in [-0.1, -0.05) is 30.4 Å². The predicted molar refractivity (Wildman–Crippen MR) is 58.8 cm³/mol. The Morgan fingerprint density at radius 1 is 1.36 bits per heavy atom. The first-order valence-corrected chi connectivity index (χ1v) is 4.45. The summed E-state index contributed by atoms with van der Waals surface area (Å²) in [5.74, 6) is 0.285. The molecular formula is C11H13ClFN. The van der Waals surface area contributed by atoms with E-state index in [1.165, 1.54) is 6.07 Å². The molecule has 0 heterocycles. The molecule has 0 spiro atoms. The highest BCUT2D eigenvalue weighted by atomic mass is 35.5. The third kappa shape index (κ3) is 2.56. The van der Waals surface area contributed by atoms with Crippen LogP contribution in [0.25, 0.3) is 6.08 Å². The first-order chi connectivity index (χ1) is 6.27. The molecule has 0 saturated heterocycles. The molecule has 3 heteroatoms. The Hall–Kier alpha value is -0.860. The maximum absolute atomic E-state index is 13.1.